The molecule has 0 radical (unpaired) electrons. The van der Waals surface area contributed by atoms with Crippen molar-refractivity contribution in [3.05, 3.63) is 94.5 Å². The fraction of sp³-hybridized carbons (Fsp3) is 0. The van der Waals surface area contributed by atoms with Gasteiger partial charge in [0, 0.05) is 0 Å². The maximum atomic E-state index is 13.0. The first-order chi connectivity index (χ1) is 15.4. The van der Waals surface area contributed by atoms with Crippen molar-refractivity contribution in [2.45, 2.75) is 0 Å². The number of carboxylic acid groups (broad SMARTS) is 1. The van der Waals surface area contributed by atoms with E-state index in [-0.39, 0.29) is 33.6 Å². The van der Waals surface area contributed by atoms with Crippen molar-refractivity contribution < 1.29 is 33.8 Å². The van der Waals surface area contributed by atoms with E-state index in [0.717, 1.165) is 0 Å². The standard InChI is InChI=1S/C23H12N2O7/c26-19-15-3-1-2-4-16(15)20(27)24(19)25-21(28)17-10-9-14(11-18(17)22(25)29)32-13-7-5-12(6-8-13)23(30)31/h1-11H,(H,30,31). The van der Waals surface area contributed by atoms with E-state index in [2.05, 4.69) is 0 Å². The van der Waals surface area contributed by atoms with E-state index in [4.69, 9.17) is 9.84 Å². The van der Waals surface area contributed by atoms with Gasteiger partial charge in [-0.2, -0.15) is 10.0 Å². The number of fused-ring (bicyclic) bond motifs is 2. The van der Waals surface area contributed by atoms with Crippen LogP contribution in [0, 0.1) is 0 Å². The SMILES string of the molecule is O=C(O)c1ccc(Oc2ccc3c(c2)C(=O)N(N2C(=O)c4ccccc4C2=O)C3=O)cc1. The zero-order chi connectivity index (χ0) is 22.6. The third-order valence-electron chi connectivity index (χ3n) is 5.15. The second-order valence-electron chi connectivity index (χ2n) is 7.03. The lowest BCUT2D eigenvalue weighted by molar-refractivity contribution is 0.00845. The highest BCUT2D eigenvalue weighted by molar-refractivity contribution is 6.28. The van der Waals surface area contributed by atoms with Crippen LogP contribution in [0.2, 0.25) is 0 Å². The van der Waals surface area contributed by atoms with Gasteiger partial charge in [0.05, 0.1) is 27.8 Å². The summed E-state index contributed by atoms with van der Waals surface area (Å²) in [5.41, 5.74) is 0.320. The molecule has 156 valence electrons. The van der Waals surface area contributed by atoms with E-state index in [0.29, 0.717) is 15.8 Å². The van der Waals surface area contributed by atoms with Crippen molar-refractivity contribution >= 4 is 29.6 Å². The molecule has 0 bridgehead atoms. The lowest BCUT2D eigenvalue weighted by atomic mass is 10.1. The van der Waals surface area contributed by atoms with Crippen molar-refractivity contribution in [3.63, 3.8) is 0 Å². The number of hydrazine groups is 1. The van der Waals surface area contributed by atoms with Crippen molar-refractivity contribution in [2.75, 3.05) is 0 Å². The Balaban J connectivity index is 1.44. The van der Waals surface area contributed by atoms with Gasteiger partial charge in [0.1, 0.15) is 11.5 Å². The van der Waals surface area contributed by atoms with E-state index >= 15 is 0 Å². The number of ether oxygens (including phenoxy) is 1. The molecule has 2 heterocycles. The van der Waals surface area contributed by atoms with E-state index in [9.17, 15) is 24.0 Å². The van der Waals surface area contributed by atoms with Crippen LogP contribution in [0.15, 0.2) is 66.7 Å². The topological polar surface area (TPSA) is 121 Å². The van der Waals surface area contributed by atoms with Crippen LogP contribution in [0.5, 0.6) is 11.5 Å². The highest BCUT2D eigenvalue weighted by Gasteiger charge is 2.48. The normalized spacial score (nSPS) is 14.6. The van der Waals surface area contributed by atoms with E-state index in [1.807, 2.05) is 0 Å². The molecule has 1 N–H and O–H groups in total. The van der Waals surface area contributed by atoms with Crippen LogP contribution in [-0.4, -0.2) is 44.7 Å². The van der Waals surface area contributed by atoms with Gasteiger partial charge in [-0.15, -0.1) is 0 Å². The van der Waals surface area contributed by atoms with Gasteiger partial charge < -0.3 is 9.84 Å². The maximum absolute atomic E-state index is 13.0. The average molecular weight is 428 g/mol. The first kappa shape index (κ1) is 19.2. The van der Waals surface area contributed by atoms with Crippen LogP contribution in [0.25, 0.3) is 0 Å². The molecule has 2 aliphatic rings. The van der Waals surface area contributed by atoms with Crippen LogP contribution in [0.1, 0.15) is 51.8 Å². The van der Waals surface area contributed by atoms with Crippen LogP contribution in [0.4, 0.5) is 0 Å². The third-order valence-corrected chi connectivity index (χ3v) is 5.15. The van der Waals surface area contributed by atoms with Gasteiger partial charge in [0.15, 0.2) is 0 Å². The summed E-state index contributed by atoms with van der Waals surface area (Å²) in [5.74, 6) is -3.67. The molecule has 2 aliphatic heterocycles. The van der Waals surface area contributed by atoms with Gasteiger partial charge in [0.25, 0.3) is 23.6 Å². The molecule has 32 heavy (non-hydrogen) atoms. The summed E-state index contributed by atoms with van der Waals surface area (Å²) in [6.07, 6.45) is 0. The number of benzene rings is 3. The summed E-state index contributed by atoms with van der Waals surface area (Å²) in [5, 5.41) is 10.1. The predicted molar refractivity (Wildman–Crippen MR) is 107 cm³/mol. The monoisotopic (exact) mass is 428 g/mol. The van der Waals surface area contributed by atoms with Crippen LogP contribution >= 0.6 is 0 Å². The first-order valence-electron chi connectivity index (χ1n) is 9.38. The Bertz CT molecular complexity index is 1330. The highest BCUT2D eigenvalue weighted by atomic mass is 16.5. The van der Waals surface area contributed by atoms with Gasteiger partial charge in [-0.3, -0.25) is 19.2 Å². The number of hydrogen-bond donors (Lipinski definition) is 1. The fourth-order valence-corrected chi connectivity index (χ4v) is 3.61. The van der Waals surface area contributed by atoms with E-state index < -0.39 is 29.6 Å². The Morgan fingerprint density at radius 1 is 0.625 bits per heavy atom. The lowest BCUT2D eigenvalue weighted by Crippen LogP contribution is -2.49. The molecule has 0 spiro atoms. The van der Waals surface area contributed by atoms with Gasteiger partial charge in [0.2, 0.25) is 0 Å². The van der Waals surface area contributed by atoms with Crippen LogP contribution < -0.4 is 4.74 Å². The molecule has 0 aliphatic carbocycles. The summed E-state index contributed by atoms with van der Waals surface area (Å²) in [4.78, 5) is 62.3. The van der Waals surface area contributed by atoms with E-state index in [1.54, 1.807) is 12.1 Å². The molecule has 3 aromatic rings. The summed E-state index contributed by atoms with van der Waals surface area (Å²) in [6.45, 7) is 0. The summed E-state index contributed by atoms with van der Waals surface area (Å²) >= 11 is 0. The first-order valence-corrected chi connectivity index (χ1v) is 9.38. The molecular weight excluding hydrogens is 416 g/mol. The molecule has 0 saturated carbocycles. The molecule has 0 atom stereocenters. The number of hydrogen-bond acceptors (Lipinski definition) is 6. The Labute approximate surface area is 180 Å². The zero-order valence-corrected chi connectivity index (χ0v) is 16.1. The van der Waals surface area contributed by atoms with Gasteiger partial charge >= 0.3 is 5.97 Å². The smallest absolute Gasteiger partial charge is 0.335 e. The molecule has 4 amide bonds. The van der Waals surface area contributed by atoms with E-state index in [1.165, 1.54) is 54.6 Å². The van der Waals surface area contributed by atoms with Gasteiger partial charge in [-0.05, 0) is 54.6 Å². The number of carbonyl (C=O) groups excluding carboxylic acids is 4. The number of imide groups is 2. The number of carbonyl (C=O) groups is 5. The summed E-state index contributed by atoms with van der Waals surface area (Å²) < 4.78 is 5.65. The van der Waals surface area contributed by atoms with Crippen molar-refractivity contribution in [1.82, 2.24) is 10.0 Å². The third kappa shape index (κ3) is 2.76. The number of carboxylic acids is 1. The Morgan fingerprint density at radius 3 is 1.62 bits per heavy atom. The molecule has 0 saturated heterocycles. The molecule has 0 aromatic heterocycles. The Hall–Kier alpha value is -4.79. The van der Waals surface area contributed by atoms with Crippen LogP contribution in [0.3, 0.4) is 0 Å². The Kier molecular flexibility index (Phi) is 4.13. The second-order valence-corrected chi connectivity index (χ2v) is 7.03. The quantitative estimate of drug-likeness (QED) is 0.634. The van der Waals surface area contributed by atoms with Crippen molar-refractivity contribution in [2.24, 2.45) is 0 Å². The average Bonchev–Trinajstić information content (AvgIpc) is 3.18. The number of nitrogens with zero attached hydrogens (tertiary/aromatic N) is 2. The molecule has 5 rings (SSSR count). The molecule has 0 fully saturated rings. The van der Waals surface area contributed by atoms with Gasteiger partial charge in [-0.1, -0.05) is 12.1 Å². The Morgan fingerprint density at radius 2 is 1.09 bits per heavy atom. The number of aromatic carboxylic acids is 1. The second kappa shape index (κ2) is 6.88. The summed E-state index contributed by atoms with van der Waals surface area (Å²) in [6, 6.07) is 15.9. The molecular formula is C23H12N2O7. The molecule has 9 heteroatoms. The molecule has 0 unspecified atom stereocenters. The zero-order valence-electron chi connectivity index (χ0n) is 16.1. The minimum atomic E-state index is -1.08. The summed E-state index contributed by atoms with van der Waals surface area (Å²) in [7, 11) is 0. The molecule has 3 aromatic carbocycles. The minimum Gasteiger partial charge on any atom is -0.478 e. The van der Waals surface area contributed by atoms with Crippen molar-refractivity contribution in [3.8, 4) is 11.5 Å². The van der Waals surface area contributed by atoms with Crippen molar-refractivity contribution in [1.29, 1.82) is 0 Å². The maximum Gasteiger partial charge on any atom is 0.335 e. The molecule has 9 nitrogen and oxygen atoms in total. The van der Waals surface area contributed by atoms with Gasteiger partial charge in [-0.25, -0.2) is 4.79 Å². The lowest BCUT2D eigenvalue weighted by Gasteiger charge is -2.23. The number of amides is 4. The van der Waals surface area contributed by atoms with Crippen LogP contribution in [-0.2, 0) is 0 Å². The largest absolute Gasteiger partial charge is 0.478 e. The predicted octanol–water partition coefficient (Wildman–Crippen LogP) is 2.98. The highest BCUT2D eigenvalue weighted by Crippen LogP contribution is 2.33. The fourth-order valence-electron chi connectivity index (χ4n) is 3.61. The minimum absolute atomic E-state index is 0.0220. The number of rotatable bonds is 4.